The van der Waals surface area contributed by atoms with Crippen LogP contribution < -0.4 is 11.1 Å². The lowest BCUT2D eigenvalue weighted by molar-refractivity contribution is 0.0140. The van der Waals surface area contributed by atoms with Crippen LogP contribution in [0.1, 0.15) is 19.8 Å². The topological polar surface area (TPSA) is 64.3 Å². The fourth-order valence-corrected chi connectivity index (χ4v) is 2.28. The summed E-state index contributed by atoms with van der Waals surface area (Å²) in [5.41, 5.74) is 4.91. The summed E-state index contributed by atoms with van der Waals surface area (Å²) in [7, 11) is 0. The number of urea groups is 1. The van der Waals surface area contributed by atoms with Crippen LogP contribution in [-0.2, 0) is 4.74 Å². The van der Waals surface area contributed by atoms with Crippen LogP contribution in [0.15, 0.2) is 0 Å². The number of rotatable bonds is 1. The zero-order valence-electron chi connectivity index (χ0n) is 6.52. The highest BCUT2D eigenvalue weighted by molar-refractivity contribution is 5.73. The highest BCUT2D eigenvalue weighted by atomic mass is 16.5. The van der Waals surface area contributed by atoms with Crippen LogP contribution in [0.3, 0.4) is 0 Å². The molecule has 0 aromatic heterocycles. The molecule has 0 unspecified atom stereocenters. The molecule has 1 aliphatic carbocycles. The molecule has 11 heavy (non-hydrogen) atoms. The standard InChI is InChI=1S/C7H12N2O2/c1-6-2-7(3-6,4-11-6)9-5(8)10/h2-4H2,1H3,(H3,8,9,10). The minimum atomic E-state index is -0.447. The molecule has 62 valence electrons. The van der Waals surface area contributed by atoms with Crippen molar-refractivity contribution in [2.45, 2.75) is 30.9 Å². The number of hydrogen-bond donors (Lipinski definition) is 2. The summed E-state index contributed by atoms with van der Waals surface area (Å²) in [6.45, 7) is 2.67. The molecule has 0 aromatic carbocycles. The first kappa shape index (κ1) is 6.91. The maximum atomic E-state index is 10.5. The molecule has 4 nitrogen and oxygen atoms in total. The molecule has 3 aliphatic rings. The Bertz CT molecular complexity index is 208. The highest BCUT2D eigenvalue weighted by Crippen LogP contribution is 2.50. The van der Waals surface area contributed by atoms with Gasteiger partial charge in [0.25, 0.3) is 0 Å². The van der Waals surface area contributed by atoms with Gasteiger partial charge in [0.15, 0.2) is 0 Å². The minimum absolute atomic E-state index is 0.0163. The monoisotopic (exact) mass is 156 g/mol. The first-order chi connectivity index (χ1) is 5.04. The van der Waals surface area contributed by atoms with Crippen molar-refractivity contribution in [1.82, 2.24) is 5.32 Å². The fourth-order valence-electron chi connectivity index (χ4n) is 2.28. The summed E-state index contributed by atoms with van der Waals surface area (Å²) in [5, 5.41) is 2.72. The van der Waals surface area contributed by atoms with Crippen molar-refractivity contribution in [1.29, 1.82) is 0 Å². The molecule has 2 bridgehead atoms. The van der Waals surface area contributed by atoms with Crippen molar-refractivity contribution in [3.05, 3.63) is 0 Å². The van der Waals surface area contributed by atoms with Crippen molar-refractivity contribution in [2.24, 2.45) is 5.73 Å². The Morgan fingerprint density at radius 2 is 2.27 bits per heavy atom. The number of hydrogen-bond acceptors (Lipinski definition) is 2. The van der Waals surface area contributed by atoms with Crippen molar-refractivity contribution in [2.75, 3.05) is 6.61 Å². The first-order valence-corrected chi connectivity index (χ1v) is 3.75. The lowest BCUT2D eigenvalue weighted by Crippen LogP contribution is -2.59. The summed E-state index contributed by atoms with van der Waals surface area (Å²) < 4.78 is 5.45. The predicted octanol–water partition coefficient (Wildman–Crippen LogP) is -0.0238. The van der Waals surface area contributed by atoms with E-state index in [4.69, 9.17) is 10.5 Å². The molecule has 2 amide bonds. The molecule has 2 aliphatic heterocycles. The van der Waals surface area contributed by atoms with Gasteiger partial charge in [-0.15, -0.1) is 0 Å². The Labute approximate surface area is 65.1 Å². The van der Waals surface area contributed by atoms with Gasteiger partial charge < -0.3 is 15.8 Å². The average molecular weight is 156 g/mol. The second kappa shape index (κ2) is 1.69. The summed E-state index contributed by atoms with van der Waals surface area (Å²) in [6, 6.07) is -0.447. The summed E-state index contributed by atoms with van der Waals surface area (Å²) >= 11 is 0. The van der Waals surface area contributed by atoms with Gasteiger partial charge in [-0.05, 0) is 6.92 Å². The fraction of sp³-hybridized carbons (Fsp3) is 0.857. The van der Waals surface area contributed by atoms with E-state index in [0.29, 0.717) is 6.61 Å². The molecule has 3 N–H and O–H groups in total. The predicted molar refractivity (Wildman–Crippen MR) is 39.0 cm³/mol. The molecule has 4 heteroatoms. The second-order valence-electron chi connectivity index (χ2n) is 3.86. The van der Waals surface area contributed by atoms with Crippen molar-refractivity contribution in [3.8, 4) is 0 Å². The van der Waals surface area contributed by atoms with Gasteiger partial charge in [0.05, 0.1) is 17.7 Å². The minimum Gasteiger partial charge on any atom is -0.373 e. The van der Waals surface area contributed by atoms with Crippen LogP contribution in [0.25, 0.3) is 0 Å². The molecule has 2 heterocycles. The van der Waals surface area contributed by atoms with Crippen molar-refractivity contribution in [3.63, 3.8) is 0 Å². The number of amides is 2. The molecule has 0 radical (unpaired) electrons. The Morgan fingerprint density at radius 1 is 1.64 bits per heavy atom. The summed E-state index contributed by atoms with van der Waals surface area (Å²) in [5.74, 6) is 0. The maximum Gasteiger partial charge on any atom is 0.312 e. The number of carbonyl (C=O) groups is 1. The second-order valence-corrected chi connectivity index (χ2v) is 3.86. The Balaban J connectivity index is 2.02. The average Bonchev–Trinajstić information content (AvgIpc) is 2.17. The van der Waals surface area contributed by atoms with Gasteiger partial charge in [0, 0.05) is 12.8 Å². The van der Waals surface area contributed by atoms with E-state index in [9.17, 15) is 4.79 Å². The molecule has 0 aromatic rings. The highest BCUT2D eigenvalue weighted by Gasteiger charge is 2.60. The lowest BCUT2D eigenvalue weighted by atomic mass is 9.69. The van der Waals surface area contributed by atoms with Gasteiger partial charge >= 0.3 is 6.03 Å². The van der Waals surface area contributed by atoms with Gasteiger partial charge in [0.1, 0.15) is 0 Å². The zero-order valence-corrected chi connectivity index (χ0v) is 6.52. The van der Waals surface area contributed by atoms with E-state index in [-0.39, 0.29) is 11.1 Å². The number of primary amides is 1. The number of fused-ring (bicyclic) bond motifs is 1. The normalized spacial score (nSPS) is 46.6. The molecule has 2 saturated heterocycles. The van der Waals surface area contributed by atoms with E-state index in [1.165, 1.54) is 0 Å². The lowest BCUT2D eigenvalue weighted by Gasteiger charge is -2.42. The molecular weight excluding hydrogens is 144 g/mol. The third kappa shape index (κ3) is 0.894. The van der Waals surface area contributed by atoms with Gasteiger partial charge in [-0.25, -0.2) is 4.79 Å². The SMILES string of the molecule is CC12CC(NC(N)=O)(CO1)C2. The van der Waals surface area contributed by atoms with E-state index in [1.807, 2.05) is 0 Å². The van der Waals surface area contributed by atoms with Gasteiger partial charge in [-0.3, -0.25) is 0 Å². The van der Waals surface area contributed by atoms with E-state index in [2.05, 4.69) is 12.2 Å². The number of carbonyl (C=O) groups excluding carboxylic acids is 1. The van der Waals surface area contributed by atoms with Crippen molar-refractivity contribution >= 4 is 6.03 Å². The quantitative estimate of drug-likeness (QED) is 0.560. The van der Waals surface area contributed by atoms with E-state index in [0.717, 1.165) is 12.8 Å². The third-order valence-corrected chi connectivity index (χ3v) is 2.51. The van der Waals surface area contributed by atoms with Crippen LogP contribution in [0, 0.1) is 0 Å². The maximum absolute atomic E-state index is 10.5. The van der Waals surface area contributed by atoms with Gasteiger partial charge in [-0.2, -0.15) is 0 Å². The Kier molecular flexibility index (Phi) is 1.06. The molecular formula is C7H12N2O2. The first-order valence-electron chi connectivity index (χ1n) is 3.75. The van der Waals surface area contributed by atoms with Crippen LogP contribution in [0.5, 0.6) is 0 Å². The van der Waals surface area contributed by atoms with Crippen molar-refractivity contribution < 1.29 is 9.53 Å². The molecule has 3 fully saturated rings. The Morgan fingerprint density at radius 3 is 2.64 bits per heavy atom. The smallest absolute Gasteiger partial charge is 0.312 e. The van der Waals surface area contributed by atoms with Crippen LogP contribution >= 0.6 is 0 Å². The van der Waals surface area contributed by atoms with E-state index < -0.39 is 6.03 Å². The third-order valence-electron chi connectivity index (χ3n) is 2.51. The summed E-state index contributed by atoms with van der Waals surface area (Å²) in [6.07, 6.45) is 1.81. The molecule has 1 saturated carbocycles. The molecule has 0 atom stereocenters. The van der Waals surface area contributed by atoms with Crippen LogP contribution in [0.2, 0.25) is 0 Å². The summed E-state index contributed by atoms with van der Waals surface area (Å²) in [4.78, 5) is 10.5. The van der Waals surface area contributed by atoms with Crippen LogP contribution in [0.4, 0.5) is 4.79 Å². The zero-order chi connectivity index (χ0) is 8.11. The number of ether oxygens (including phenoxy) is 1. The largest absolute Gasteiger partial charge is 0.373 e. The van der Waals surface area contributed by atoms with E-state index in [1.54, 1.807) is 0 Å². The van der Waals surface area contributed by atoms with E-state index >= 15 is 0 Å². The van der Waals surface area contributed by atoms with Gasteiger partial charge in [-0.1, -0.05) is 0 Å². The molecule has 0 spiro atoms. The van der Waals surface area contributed by atoms with Crippen LogP contribution in [-0.4, -0.2) is 23.8 Å². The number of nitrogens with one attached hydrogen (secondary N) is 1. The van der Waals surface area contributed by atoms with Gasteiger partial charge in [0.2, 0.25) is 0 Å². The molecule has 3 rings (SSSR count). The Hall–Kier alpha value is -0.770. The number of nitrogens with two attached hydrogens (primary N) is 1.